The molecule has 2 N–H and O–H groups in total. The monoisotopic (exact) mass is 436 g/mol. The van der Waals surface area contributed by atoms with Crippen LogP contribution in [0.2, 0.25) is 0 Å². The first-order valence-electron chi connectivity index (χ1n) is 10.2. The van der Waals surface area contributed by atoms with E-state index in [1.165, 1.54) is 19.1 Å². The third-order valence-corrected chi connectivity index (χ3v) is 5.27. The lowest BCUT2D eigenvalue weighted by Crippen LogP contribution is -2.32. The summed E-state index contributed by atoms with van der Waals surface area (Å²) in [5.74, 6) is -0.382. The molecule has 1 unspecified atom stereocenters. The predicted octanol–water partition coefficient (Wildman–Crippen LogP) is 3.49. The van der Waals surface area contributed by atoms with Gasteiger partial charge in [0.1, 0.15) is 6.04 Å². The zero-order valence-electron chi connectivity index (χ0n) is 18.2. The van der Waals surface area contributed by atoms with Gasteiger partial charge in [0.25, 0.3) is 5.91 Å². The Kier molecular flexibility index (Phi) is 5.56. The SMILES string of the molecule is COc1cc2nc(N3C(=O)C(O)=C(C(=O)CC(C)C)C3c3ccccn3)[nH]c2cc1OC. The molecule has 32 heavy (non-hydrogen) atoms. The van der Waals surface area contributed by atoms with E-state index in [0.29, 0.717) is 28.2 Å². The van der Waals surface area contributed by atoms with Gasteiger partial charge in [0.15, 0.2) is 23.0 Å². The number of aromatic amines is 1. The van der Waals surface area contributed by atoms with E-state index in [4.69, 9.17) is 9.47 Å². The van der Waals surface area contributed by atoms with Gasteiger partial charge in [-0.15, -0.1) is 0 Å². The van der Waals surface area contributed by atoms with Crippen molar-refractivity contribution < 1.29 is 24.2 Å². The molecule has 9 heteroatoms. The van der Waals surface area contributed by atoms with Crippen LogP contribution in [0.1, 0.15) is 32.0 Å². The number of imidazole rings is 1. The van der Waals surface area contributed by atoms with Gasteiger partial charge in [-0.1, -0.05) is 19.9 Å². The molecule has 0 spiro atoms. The van der Waals surface area contributed by atoms with Crippen molar-refractivity contribution in [2.45, 2.75) is 26.3 Å². The molecule has 4 rings (SSSR count). The van der Waals surface area contributed by atoms with E-state index in [1.54, 1.807) is 36.5 Å². The summed E-state index contributed by atoms with van der Waals surface area (Å²) < 4.78 is 10.7. The molecule has 3 heterocycles. The highest BCUT2D eigenvalue weighted by atomic mass is 16.5. The number of ketones is 1. The van der Waals surface area contributed by atoms with Crippen molar-refractivity contribution in [2.24, 2.45) is 5.92 Å². The lowest BCUT2D eigenvalue weighted by atomic mass is 9.94. The van der Waals surface area contributed by atoms with Crippen LogP contribution >= 0.6 is 0 Å². The standard InChI is InChI=1S/C23H24N4O5/c1-12(2)9-16(28)19-20(13-7-5-6-8-24-13)27(22(30)21(19)29)23-25-14-10-17(31-3)18(32-4)11-15(14)26-23/h5-8,10-12,20,29H,9H2,1-4H3,(H,25,26). The minimum absolute atomic E-state index is 0.0259. The van der Waals surface area contributed by atoms with Gasteiger partial charge in [-0.05, 0) is 18.1 Å². The molecule has 166 valence electrons. The number of anilines is 1. The zero-order valence-corrected chi connectivity index (χ0v) is 18.2. The molecule has 0 fully saturated rings. The number of rotatable bonds is 7. The number of nitrogens with zero attached hydrogens (tertiary/aromatic N) is 3. The average molecular weight is 436 g/mol. The van der Waals surface area contributed by atoms with Crippen molar-refractivity contribution in [1.82, 2.24) is 15.0 Å². The normalized spacial score (nSPS) is 16.3. The second-order valence-corrected chi connectivity index (χ2v) is 7.90. The summed E-state index contributed by atoms with van der Waals surface area (Å²) in [5, 5.41) is 10.7. The van der Waals surface area contributed by atoms with E-state index < -0.39 is 17.7 Å². The number of fused-ring (bicyclic) bond motifs is 1. The number of hydrogen-bond acceptors (Lipinski definition) is 7. The summed E-state index contributed by atoms with van der Waals surface area (Å²) in [6.07, 6.45) is 1.77. The van der Waals surface area contributed by atoms with E-state index in [9.17, 15) is 14.7 Å². The van der Waals surface area contributed by atoms with Crippen LogP contribution in [-0.2, 0) is 9.59 Å². The molecule has 3 aromatic rings. The van der Waals surface area contributed by atoms with Crippen molar-refractivity contribution in [3.8, 4) is 11.5 Å². The van der Waals surface area contributed by atoms with Gasteiger partial charge in [0.05, 0.1) is 36.5 Å². The quantitative estimate of drug-likeness (QED) is 0.582. The van der Waals surface area contributed by atoms with Crippen molar-refractivity contribution >= 4 is 28.7 Å². The first-order chi connectivity index (χ1) is 15.3. The number of amides is 1. The summed E-state index contributed by atoms with van der Waals surface area (Å²) >= 11 is 0. The Hall–Kier alpha value is -3.88. The highest BCUT2D eigenvalue weighted by molar-refractivity contribution is 6.16. The van der Waals surface area contributed by atoms with Gasteiger partial charge < -0.3 is 19.6 Å². The van der Waals surface area contributed by atoms with Crippen LogP contribution < -0.4 is 14.4 Å². The molecule has 2 aromatic heterocycles. The summed E-state index contributed by atoms with van der Waals surface area (Å²) in [7, 11) is 3.05. The summed E-state index contributed by atoms with van der Waals surface area (Å²) in [6.45, 7) is 3.81. The van der Waals surface area contributed by atoms with Crippen LogP contribution in [0.3, 0.4) is 0 Å². The fraction of sp³-hybridized carbons (Fsp3) is 0.304. The minimum Gasteiger partial charge on any atom is -0.503 e. The van der Waals surface area contributed by atoms with E-state index in [0.717, 1.165) is 0 Å². The Labute approximate surface area is 184 Å². The third kappa shape index (κ3) is 3.55. The lowest BCUT2D eigenvalue weighted by Gasteiger charge is -2.23. The van der Waals surface area contributed by atoms with E-state index in [2.05, 4.69) is 15.0 Å². The number of nitrogens with one attached hydrogen (secondary N) is 1. The van der Waals surface area contributed by atoms with Gasteiger partial charge in [-0.2, -0.15) is 0 Å². The summed E-state index contributed by atoms with van der Waals surface area (Å²) in [5.41, 5.74) is 1.61. The van der Waals surface area contributed by atoms with Gasteiger partial charge in [0.2, 0.25) is 5.95 Å². The number of carbonyl (C=O) groups excluding carboxylic acids is 2. The number of ether oxygens (including phenoxy) is 2. The first-order valence-corrected chi connectivity index (χ1v) is 10.2. The molecular weight excluding hydrogens is 412 g/mol. The van der Waals surface area contributed by atoms with Crippen molar-refractivity contribution in [2.75, 3.05) is 19.1 Å². The molecule has 0 saturated heterocycles. The highest BCUT2D eigenvalue weighted by Crippen LogP contribution is 2.41. The number of carbonyl (C=O) groups is 2. The number of aliphatic hydroxyl groups excluding tert-OH is 1. The van der Waals surface area contributed by atoms with Crippen LogP contribution in [0, 0.1) is 5.92 Å². The van der Waals surface area contributed by atoms with Gasteiger partial charge in [-0.25, -0.2) is 4.98 Å². The van der Waals surface area contributed by atoms with Gasteiger partial charge >= 0.3 is 0 Å². The minimum atomic E-state index is -0.903. The Bertz CT molecular complexity index is 1170. The number of hydrogen-bond donors (Lipinski definition) is 2. The summed E-state index contributed by atoms with van der Waals surface area (Å²) in [6, 6.07) is 7.70. The van der Waals surface area contributed by atoms with Crippen molar-refractivity contribution in [3.05, 3.63) is 53.6 Å². The van der Waals surface area contributed by atoms with Crippen molar-refractivity contribution in [1.29, 1.82) is 0 Å². The maximum Gasteiger partial charge on any atom is 0.296 e. The fourth-order valence-corrected chi connectivity index (χ4v) is 3.84. The molecule has 0 aliphatic carbocycles. The number of aliphatic hydroxyl groups is 1. The Morgan fingerprint density at radius 2 is 1.94 bits per heavy atom. The molecule has 1 amide bonds. The second-order valence-electron chi connectivity index (χ2n) is 7.90. The topological polar surface area (TPSA) is 118 Å². The Morgan fingerprint density at radius 3 is 2.56 bits per heavy atom. The van der Waals surface area contributed by atoms with Crippen LogP contribution in [0.4, 0.5) is 5.95 Å². The van der Waals surface area contributed by atoms with Crippen molar-refractivity contribution in [3.63, 3.8) is 0 Å². The highest BCUT2D eigenvalue weighted by Gasteiger charge is 2.46. The van der Waals surface area contributed by atoms with Crippen LogP contribution in [0.15, 0.2) is 47.9 Å². The maximum atomic E-state index is 13.1. The first kappa shape index (κ1) is 21.4. The number of benzene rings is 1. The van der Waals surface area contributed by atoms with Crippen LogP contribution in [0.25, 0.3) is 11.0 Å². The molecule has 1 aromatic carbocycles. The Morgan fingerprint density at radius 1 is 1.22 bits per heavy atom. The predicted molar refractivity (Wildman–Crippen MR) is 118 cm³/mol. The van der Waals surface area contributed by atoms with Gasteiger partial charge in [0, 0.05) is 24.8 Å². The number of H-pyrrole nitrogens is 1. The number of Topliss-reactive ketones (excluding diaryl/α,β-unsaturated/α-hetero) is 1. The molecule has 0 bridgehead atoms. The van der Waals surface area contributed by atoms with E-state index in [-0.39, 0.29) is 29.6 Å². The average Bonchev–Trinajstić information content (AvgIpc) is 3.30. The van der Waals surface area contributed by atoms with E-state index in [1.807, 2.05) is 13.8 Å². The molecule has 1 atom stereocenters. The molecule has 1 aliphatic heterocycles. The molecular formula is C23H24N4O5. The summed E-state index contributed by atoms with van der Waals surface area (Å²) in [4.78, 5) is 39.4. The molecule has 0 saturated carbocycles. The number of aromatic nitrogens is 3. The fourth-order valence-electron chi connectivity index (χ4n) is 3.84. The smallest absolute Gasteiger partial charge is 0.296 e. The molecule has 9 nitrogen and oxygen atoms in total. The second kappa shape index (κ2) is 8.33. The lowest BCUT2D eigenvalue weighted by molar-refractivity contribution is -0.118. The molecule has 0 radical (unpaired) electrons. The van der Waals surface area contributed by atoms with Gasteiger partial charge in [-0.3, -0.25) is 19.5 Å². The third-order valence-electron chi connectivity index (χ3n) is 5.27. The largest absolute Gasteiger partial charge is 0.503 e. The number of methoxy groups -OCH3 is 2. The zero-order chi connectivity index (χ0) is 23.0. The Balaban J connectivity index is 1.85. The number of pyridine rings is 1. The maximum absolute atomic E-state index is 13.1. The van der Waals surface area contributed by atoms with E-state index >= 15 is 0 Å². The van der Waals surface area contributed by atoms with Crippen LogP contribution in [-0.4, -0.2) is 46.0 Å². The van der Waals surface area contributed by atoms with Crippen LogP contribution in [0.5, 0.6) is 11.5 Å². The molecule has 1 aliphatic rings.